The van der Waals surface area contributed by atoms with Crippen LogP contribution in [-0.4, -0.2) is 4.98 Å². The quantitative estimate of drug-likeness (QED) is 0.411. The second-order valence-corrected chi connectivity index (χ2v) is 6.79. The van der Waals surface area contributed by atoms with Crippen LogP contribution in [0.2, 0.25) is 10.0 Å². The minimum Gasteiger partial charge on any atom is -0.328 e. The first-order chi connectivity index (χ1) is 13.0. The highest BCUT2D eigenvalue weighted by atomic mass is 35.5. The van der Waals surface area contributed by atoms with Gasteiger partial charge in [-0.3, -0.25) is 4.79 Å². The molecule has 0 aliphatic carbocycles. The minimum absolute atomic E-state index is 0.227. The number of hydrogen-bond acceptors (Lipinski definition) is 1. The second kappa shape index (κ2) is 6.80. The Morgan fingerprint density at radius 1 is 0.778 bits per heavy atom. The Morgan fingerprint density at radius 2 is 1.48 bits per heavy atom. The lowest BCUT2D eigenvalue weighted by Gasteiger charge is -2.13. The molecule has 0 amide bonds. The summed E-state index contributed by atoms with van der Waals surface area (Å²) in [5, 5.41) is 1.82. The molecule has 134 valence electrons. The van der Waals surface area contributed by atoms with Gasteiger partial charge in [-0.25, -0.2) is 8.78 Å². The molecule has 0 saturated carbocycles. The van der Waals surface area contributed by atoms with Crippen molar-refractivity contribution in [3.63, 3.8) is 0 Å². The van der Waals surface area contributed by atoms with Crippen LogP contribution in [0.3, 0.4) is 0 Å². The van der Waals surface area contributed by atoms with E-state index in [0.29, 0.717) is 37.5 Å². The SMILES string of the molecule is O=c1[nH]cc2c(-c3ccc(F)cc3F)cccc2c1-c1c(Cl)cccc1Cl. The van der Waals surface area contributed by atoms with Crippen molar-refractivity contribution in [1.82, 2.24) is 4.98 Å². The van der Waals surface area contributed by atoms with Gasteiger partial charge < -0.3 is 4.98 Å². The van der Waals surface area contributed by atoms with Crippen LogP contribution >= 0.6 is 23.2 Å². The van der Waals surface area contributed by atoms with E-state index in [0.717, 1.165) is 6.07 Å². The van der Waals surface area contributed by atoms with E-state index >= 15 is 0 Å². The van der Waals surface area contributed by atoms with Crippen molar-refractivity contribution in [2.24, 2.45) is 0 Å². The van der Waals surface area contributed by atoms with Crippen LogP contribution in [0.5, 0.6) is 0 Å². The van der Waals surface area contributed by atoms with Crippen LogP contribution in [0.25, 0.3) is 33.0 Å². The number of hydrogen-bond donors (Lipinski definition) is 1. The number of benzene rings is 3. The first-order valence-corrected chi connectivity index (χ1v) is 8.77. The Labute approximate surface area is 163 Å². The molecule has 1 N–H and O–H groups in total. The monoisotopic (exact) mass is 401 g/mol. The maximum Gasteiger partial charge on any atom is 0.256 e. The summed E-state index contributed by atoms with van der Waals surface area (Å²) in [5.74, 6) is -1.35. The molecule has 0 saturated heterocycles. The molecule has 0 aliphatic heterocycles. The van der Waals surface area contributed by atoms with Crippen molar-refractivity contribution >= 4 is 34.0 Å². The van der Waals surface area contributed by atoms with Gasteiger partial charge >= 0.3 is 0 Å². The highest BCUT2D eigenvalue weighted by Crippen LogP contribution is 2.38. The lowest BCUT2D eigenvalue weighted by Crippen LogP contribution is -2.09. The molecule has 2 nitrogen and oxygen atoms in total. The highest BCUT2D eigenvalue weighted by Gasteiger charge is 2.18. The largest absolute Gasteiger partial charge is 0.328 e. The number of H-pyrrole nitrogens is 1. The van der Waals surface area contributed by atoms with E-state index in [9.17, 15) is 13.6 Å². The van der Waals surface area contributed by atoms with E-state index in [1.165, 1.54) is 18.3 Å². The first kappa shape index (κ1) is 17.7. The number of aromatic amines is 1. The number of pyridine rings is 1. The fourth-order valence-corrected chi connectivity index (χ4v) is 3.78. The van der Waals surface area contributed by atoms with Gasteiger partial charge in [0.25, 0.3) is 5.56 Å². The van der Waals surface area contributed by atoms with Gasteiger partial charge in [-0.05, 0) is 35.2 Å². The number of halogens is 4. The van der Waals surface area contributed by atoms with E-state index in [1.807, 2.05) is 0 Å². The van der Waals surface area contributed by atoms with Gasteiger partial charge in [-0.15, -0.1) is 0 Å². The molecule has 27 heavy (non-hydrogen) atoms. The van der Waals surface area contributed by atoms with Crippen molar-refractivity contribution < 1.29 is 8.78 Å². The van der Waals surface area contributed by atoms with E-state index in [1.54, 1.807) is 36.4 Å². The third-order valence-electron chi connectivity index (χ3n) is 4.38. The minimum atomic E-state index is -0.689. The fourth-order valence-electron chi connectivity index (χ4n) is 3.20. The number of fused-ring (bicyclic) bond motifs is 1. The van der Waals surface area contributed by atoms with Gasteiger partial charge in [0.05, 0.1) is 15.6 Å². The van der Waals surface area contributed by atoms with Gasteiger partial charge in [0.2, 0.25) is 0 Å². The lowest BCUT2D eigenvalue weighted by atomic mass is 9.94. The Bertz CT molecular complexity index is 1230. The molecule has 0 spiro atoms. The summed E-state index contributed by atoms with van der Waals surface area (Å²) in [6, 6.07) is 13.5. The summed E-state index contributed by atoms with van der Waals surface area (Å²) in [5.41, 5.74) is 1.09. The molecule has 0 unspecified atom stereocenters. The van der Waals surface area contributed by atoms with Crippen molar-refractivity contribution in [1.29, 1.82) is 0 Å². The summed E-state index contributed by atoms with van der Waals surface area (Å²) < 4.78 is 27.6. The van der Waals surface area contributed by atoms with Crippen LogP contribution in [0.15, 0.2) is 65.6 Å². The zero-order chi connectivity index (χ0) is 19.1. The Kier molecular flexibility index (Phi) is 4.46. The maximum atomic E-state index is 14.3. The molecule has 0 atom stereocenters. The normalized spacial score (nSPS) is 11.1. The second-order valence-electron chi connectivity index (χ2n) is 5.98. The molecule has 6 heteroatoms. The first-order valence-electron chi connectivity index (χ1n) is 8.01. The van der Waals surface area contributed by atoms with Crippen LogP contribution in [0.1, 0.15) is 0 Å². The number of aromatic nitrogens is 1. The summed E-state index contributed by atoms with van der Waals surface area (Å²) in [7, 11) is 0. The van der Waals surface area contributed by atoms with Crippen LogP contribution in [0, 0.1) is 11.6 Å². The molecular weight excluding hydrogens is 391 g/mol. The summed E-state index contributed by atoms with van der Waals surface area (Å²) in [6.07, 6.45) is 1.50. The van der Waals surface area contributed by atoms with Gasteiger partial charge in [-0.1, -0.05) is 47.5 Å². The summed E-state index contributed by atoms with van der Waals surface area (Å²) >= 11 is 12.6. The Balaban J connectivity index is 2.09. The van der Waals surface area contributed by atoms with Gasteiger partial charge in [0, 0.05) is 28.8 Å². The molecule has 3 aromatic carbocycles. The number of rotatable bonds is 2. The average Bonchev–Trinajstić information content (AvgIpc) is 2.63. The van der Waals surface area contributed by atoms with E-state index < -0.39 is 11.6 Å². The molecule has 0 fully saturated rings. The summed E-state index contributed by atoms with van der Waals surface area (Å²) in [6.45, 7) is 0. The van der Waals surface area contributed by atoms with Crippen LogP contribution in [-0.2, 0) is 0 Å². The standard InChI is InChI=1S/C21H11Cl2F2NO/c22-16-5-2-6-17(23)20(16)19-14-4-1-3-12(15(14)10-26-21(19)27)13-8-7-11(24)9-18(13)25/h1-10H,(H,26,27). The fraction of sp³-hybridized carbons (Fsp3) is 0. The van der Waals surface area contributed by atoms with Gasteiger partial charge in [-0.2, -0.15) is 0 Å². The molecule has 0 radical (unpaired) electrons. The summed E-state index contributed by atoms with van der Waals surface area (Å²) in [4.78, 5) is 15.3. The molecule has 4 aromatic rings. The third-order valence-corrected chi connectivity index (χ3v) is 5.01. The molecule has 1 aromatic heterocycles. The third kappa shape index (κ3) is 3.01. The zero-order valence-corrected chi connectivity index (χ0v) is 15.2. The van der Waals surface area contributed by atoms with Crippen LogP contribution in [0.4, 0.5) is 8.78 Å². The van der Waals surface area contributed by atoms with Crippen molar-refractivity contribution in [2.45, 2.75) is 0 Å². The lowest BCUT2D eigenvalue weighted by molar-refractivity contribution is 0.585. The highest BCUT2D eigenvalue weighted by molar-refractivity contribution is 6.39. The maximum absolute atomic E-state index is 14.3. The Hall–Kier alpha value is -2.69. The van der Waals surface area contributed by atoms with Crippen molar-refractivity contribution in [2.75, 3.05) is 0 Å². The van der Waals surface area contributed by atoms with Crippen LogP contribution < -0.4 is 5.56 Å². The average molecular weight is 402 g/mol. The van der Waals surface area contributed by atoms with E-state index in [4.69, 9.17) is 23.2 Å². The molecule has 1 heterocycles. The molecule has 4 rings (SSSR count). The number of nitrogens with one attached hydrogen (secondary N) is 1. The van der Waals surface area contributed by atoms with Crippen molar-refractivity contribution in [3.8, 4) is 22.3 Å². The predicted octanol–water partition coefficient (Wildman–Crippen LogP) is 6.45. The van der Waals surface area contributed by atoms with Crippen molar-refractivity contribution in [3.05, 3.63) is 92.8 Å². The van der Waals surface area contributed by atoms with Gasteiger partial charge in [0.1, 0.15) is 11.6 Å². The topological polar surface area (TPSA) is 32.9 Å². The van der Waals surface area contributed by atoms with Gasteiger partial charge in [0.15, 0.2) is 0 Å². The Morgan fingerprint density at radius 3 is 2.19 bits per heavy atom. The molecule has 0 bridgehead atoms. The predicted molar refractivity (Wildman–Crippen MR) is 105 cm³/mol. The molecular formula is C21H11Cl2F2NO. The van der Waals surface area contributed by atoms with E-state index in [2.05, 4.69) is 4.98 Å². The van der Waals surface area contributed by atoms with E-state index in [-0.39, 0.29) is 11.1 Å². The smallest absolute Gasteiger partial charge is 0.256 e. The zero-order valence-electron chi connectivity index (χ0n) is 13.7. The molecule has 0 aliphatic rings.